The minimum Gasteiger partial charge on any atom is -0.469 e. The van der Waals surface area contributed by atoms with E-state index >= 15 is 0 Å². The molecule has 7 nitrogen and oxygen atoms in total. The maximum absolute atomic E-state index is 12.9. The van der Waals surface area contributed by atoms with Crippen molar-refractivity contribution in [3.8, 4) is 0 Å². The van der Waals surface area contributed by atoms with Gasteiger partial charge in [-0.25, -0.2) is 14.6 Å². The van der Waals surface area contributed by atoms with E-state index in [4.69, 9.17) is 11.6 Å². The number of ketones is 1. The van der Waals surface area contributed by atoms with E-state index in [9.17, 15) is 18.8 Å². The van der Waals surface area contributed by atoms with Gasteiger partial charge in [-0.15, -0.1) is 0 Å². The molecule has 0 spiro atoms. The van der Waals surface area contributed by atoms with Crippen LogP contribution in [0, 0.1) is 5.82 Å². The van der Waals surface area contributed by atoms with Crippen molar-refractivity contribution in [2.45, 2.75) is 12.5 Å². The quantitative estimate of drug-likeness (QED) is 0.438. The van der Waals surface area contributed by atoms with E-state index in [1.54, 1.807) is 0 Å². The van der Waals surface area contributed by atoms with E-state index in [-0.39, 0.29) is 10.7 Å². The van der Waals surface area contributed by atoms with E-state index in [1.807, 2.05) is 0 Å². The first-order valence-electron chi connectivity index (χ1n) is 6.03. The summed E-state index contributed by atoms with van der Waals surface area (Å²) in [5, 5.41) is 0.0385. The number of rotatable bonds is 7. The highest BCUT2D eigenvalue weighted by atomic mass is 35.5. The lowest BCUT2D eigenvalue weighted by molar-refractivity contribution is -0.148. The van der Waals surface area contributed by atoms with Crippen molar-refractivity contribution in [2.24, 2.45) is 0 Å². The Labute approximate surface area is 130 Å². The van der Waals surface area contributed by atoms with Crippen LogP contribution in [0.3, 0.4) is 0 Å². The molecule has 0 saturated heterocycles. The average Bonchev–Trinajstić information content (AvgIpc) is 2.48. The van der Waals surface area contributed by atoms with Gasteiger partial charge in [-0.2, -0.15) is 0 Å². The fraction of sp³-hybridized carbons (Fsp3) is 0.308. The Balaban J connectivity index is 2.79. The Morgan fingerprint density at radius 2 is 1.95 bits per heavy atom. The molecule has 0 radical (unpaired) electrons. The monoisotopic (exact) mass is 332 g/mol. The first-order chi connectivity index (χ1) is 10.4. The summed E-state index contributed by atoms with van der Waals surface area (Å²) in [6.07, 6.45) is -0.609. The molecule has 2 N–H and O–H groups in total. The molecule has 0 amide bonds. The molecule has 120 valence electrons. The van der Waals surface area contributed by atoms with Gasteiger partial charge in [0.1, 0.15) is 12.2 Å². The van der Waals surface area contributed by atoms with E-state index in [0.29, 0.717) is 0 Å². The SMILES string of the molecule is COC(=O)CC(=O)C(NNc1ccc(F)cc1Cl)C(=O)OC. The molecule has 1 rings (SSSR count). The van der Waals surface area contributed by atoms with Crippen molar-refractivity contribution >= 4 is 35.0 Å². The summed E-state index contributed by atoms with van der Waals surface area (Å²) < 4.78 is 21.8. The van der Waals surface area contributed by atoms with Crippen LogP contribution in [0.25, 0.3) is 0 Å². The molecule has 0 aromatic heterocycles. The summed E-state index contributed by atoms with van der Waals surface area (Å²) in [5.41, 5.74) is 5.13. The third-order valence-corrected chi connectivity index (χ3v) is 2.90. The first-order valence-corrected chi connectivity index (χ1v) is 6.40. The van der Waals surface area contributed by atoms with Crippen LogP contribution in [0.15, 0.2) is 18.2 Å². The van der Waals surface area contributed by atoms with Crippen molar-refractivity contribution < 1.29 is 28.2 Å². The zero-order chi connectivity index (χ0) is 16.7. The number of Topliss-reactive ketones (excluding diaryl/α,β-unsaturated/α-hetero) is 1. The summed E-state index contributed by atoms with van der Waals surface area (Å²) >= 11 is 5.80. The van der Waals surface area contributed by atoms with Crippen molar-refractivity contribution in [3.05, 3.63) is 29.0 Å². The second-order valence-electron chi connectivity index (χ2n) is 4.07. The molecule has 0 fully saturated rings. The smallest absolute Gasteiger partial charge is 0.332 e. The lowest BCUT2D eigenvalue weighted by Crippen LogP contribution is -2.47. The number of ether oxygens (including phenoxy) is 2. The Morgan fingerprint density at radius 3 is 2.50 bits per heavy atom. The number of carbonyl (C=O) groups is 3. The molecule has 1 unspecified atom stereocenters. The topological polar surface area (TPSA) is 93.7 Å². The molecule has 1 aromatic rings. The van der Waals surface area contributed by atoms with Gasteiger partial charge in [-0.3, -0.25) is 9.59 Å². The van der Waals surface area contributed by atoms with E-state index in [2.05, 4.69) is 20.3 Å². The van der Waals surface area contributed by atoms with E-state index in [0.717, 1.165) is 26.4 Å². The van der Waals surface area contributed by atoms with Gasteiger partial charge in [-0.1, -0.05) is 11.6 Å². The highest BCUT2D eigenvalue weighted by Crippen LogP contribution is 2.21. The molecule has 0 aliphatic heterocycles. The van der Waals surface area contributed by atoms with E-state index < -0.39 is 36.0 Å². The van der Waals surface area contributed by atoms with Crippen LogP contribution in [0.4, 0.5) is 10.1 Å². The van der Waals surface area contributed by atoms with Crippen LogP contribution in [0.2, 0.25) is 5.02 Å². The summed E-state index contributed by atoms with van der Waals surface area (Å²) in [5.74, 6) is -2.99. The molecule has 0 saturated carbocycles. The Morgan fingerprint density at radius 1 is 1.27 bits per heavy atom. The Hall–Kier alpha value is -2.19. The molecule has 9 heteroatoms. The first kappa shape index (κ1) is 17.9. The third-order valence-electron chi connectivity index (χ3n) is 2.59. The van der Waals surface area contributed by atoms with Gasteiger partial charge in [-0.05, 0) is 18.2 Å². The Bertz CT molecular complexity index is 582. The predicted molar refractivity (Wildman–Crippen MR) is 75.6 cm³/mol. The molecule has 0 aliphatic carbocycles. The molecule has 0 bridgehead atoms. The number of anilines is 1. The number of benzene rings is 1. The van der Waals surface area contributed by atoms with Gasteiger partial charge < -0.3 is 14.9 Å². The second-order valence-corrected chi connectivity index (χ2v) is 4.48. The molecular formula is C13H14ClFN2O5. The van der Waals surface area contributed by atoms with Gasteiger partial charge >= 0.3 is 11.9 Å². The summed E-state index contributed by atoms with van der Waals surface area (Å²) in [6, 6.07) is 2.04. The maximum Gasteiger partial charge on any atom is 0.332 e. The molecule has 0 heterocycles. The standard InChI is InChI=1S/C13H14ClFN2O5/c1-21-11(19)6-10(18)12(13(20)22-2)17-16-9-4-3-7(15)5-8(9)14/h3-5,12,16-17H,6H2,1-2H3. The van der Waals surface area contributed by atoms with Crippen molar-refractivity contribution in [1.82, 2.24) is 5.43 Å². The Kier molecular flexibility index (Phi) is 6.74. The van der Waals surface area contributed by atoms with Crippen LogP contribution < -0.4 is 10.9 Å². The molecule has 1 atom stereocenters. The number of halogens is 2. The zero-order valence-corrected chi connectivity index (χ0v) is 12.6. The van der Waals surface area contributed by atoms with Gasteiger partial charge in [0, 0.05) is 0 Å². The lowest BCUT2D eigenvalue weighted by atomic mass is 10.1. The second kappa shape index (κ2) is 8.30. The van der Waals surface area contributed by atoms with Crippen LogP contribution in [0.1, 0.15) is 6.42 Å². The molecule has 1 aromatic carbocycles. The van der Waals surface area contributed by atoms with Crippen molar-refractivity contribution in [1.29, 1.82) is 0 Å². The van der Waals surface area contributed by atoms with Crippen molar-refractivity contribution in [2.75, 3.05) is 19.6 Å². The number of carbonyl (C=O) groups excluding carboxylic acids is 3. The summed E-state index contributed by atoms with van der Waals surface area (Å²) in [6.45, 7) is 0. The molecule has 0 aliphatic rings. The molecular weight excluding hydrogens is 319 g/mol. The largest absolute Gasteiger partial charge is 0.469 e. The van der Waals surface area contributed by atoms with Gasteiger partial charge in [0.2, 0.25) is 0 Å². The molecule has 22 heavy (non-hydrogen) atoms. The number of methoxy groups -OCH3 is 2. The van der Waals surface area contributed by atoms with Crippen LogP contribution in [0.5, 0.6) is 0 Å². The highest BCUT2D eigenvalue weighted by Gasteiger charge is 2.29. The summed E-state index contributed by atoms with van der Waals surface area (Å²) in [4.78, 5) is 34.6. The number of hydrogen-bond donors (Lipinski definition) is 2. The van der Waals surface area contributed by atoms with Crippen LogP contribution >= 0.6 is 11.6 Å². The lowest BCUT2D eigenvalue weighted by Gasteiger charge is -2.17. The fourth-order valence-electron chi connectivity index (χ4n) is 1.45. The normalized spacial score (nSPS) is 11.5. The maximum atomic E-state index is 12.9. The fourth-order valence-corrected chi connectivity index (χ4v) is 1.66. The van der Waals surface area contributed by atoms with E-state index in [1.165, 1.54) is 6.07 Å². The minimum atomic E-state index is -1.45. The number of hydrazine groups is 1. The minimum absolute atomic E-state index is 0.0385. The van der Waals surface area contributed by atoms with Crippen molar-refractivity contribution in [3.63, 3.8) is 0 Å². The van der Waals surface area contributed by atoms with Crippen LogP contribution in [-0.2, 0) is 23.9 Å². The number of nitrogens with one attached hydrogen (secondary N) is 2. The zero-order valence-electron chi connectivity index (χ0n) is 11.8. The van der Waals surface area contributed by atoms with Gasteiger partial charge in [0.05, 0.1) is 24.9 Å². The number of esters is 2. The highest BCUT2D eigenvalue weighted by molar-refractivity contribution is 6.33. The van der Waals surface area contributed by atoms with Gasteiger partial charge in [0.15, 0.2) is 11.8 Å². The van der Waals surface area contributed by atoms with Gasteiger partial charge in [0.25, 0.3) is 0 Å². The average molecular weight is 333 g/mol. The number of hydrogen-bond acceptors (Lipinski definition) is 7. The third kappa shape index (κ3) is 4.97. The van der Waals surface area contributed by atoms with Crippen LogP contribution in [-0.4, -0.2) is 38.0 Å². The predicted octanol–water partition coefficient (Wildman–Crippen LogP) is 1.07. The summed E-state index contributed by atoms with van der Waals surface area (Å²) in [7, 11) is 2.21.